The molecule has 0 bridgehead atoms. The van der Waals surface area contributed by atoms with Gasteiger partial charge in [-0.2, -0.15) is 0 Å². The standard InChI is InChI=1S/C10H11NO2/c1-4-6-9(7-5-2)10(13)11(3)8-12/h1,5-8H,2-3H3/b7-5-,9-6+. The van der Waals surface area contributed by atoms with Gasteiger partial charge in [0.15, 0.2) is 0 Å². The highest BCUT2D eigenvalue weighted by Gasteiger charge is 2.10. The summed E-state index contributed by atoms with van der Waals surface area (Å²) in [6, 6.07) is 0. The van der Waals surface area contributed by atoms with Crippen LogP contribution in [0, 0.1) is 12.3 Å². The van der Waals surface area contributed by atoms with E-state index in [4.69, 9.17) is 6.42 Å². The normalized spacial score (nSPS) is 11.0. The maximum absolute atomic E-state index is 11.3. The molecule has 2 amide bonds. The summed E-state index contributed by atoms with van der Waals surface area (Å²) in [5.74, 6) is 1.82. The fourth-order valence-corrected chi connectivity index (χ4v) is 0.702. The number of nitrogens with zero attached hydrogens (tertiary/aromatic N) is 1. The van der Waals surface area contributed by atoms with Crippen LogP contribution in [0.1, 0.15) is 6.92 Å². The number of likely N-dealkylation sites (N-methyl/N-ethyl adjacent to an activating group) is 1. The van der Waals surface area contributed by atoms with Crippen molar-refractivity contribution in [3.05, 3.63) is 23.8 Å². The van der Waals surface area contributed by atoms with Gasteiger partial charge in [-0.25, -0.2) is 0 Å². The summed E-state index contributed by atoms with van der Waals surface area (Å²) in [5, 5.41) is 0. The number of carbonyl (C=O) groups is 2. The molecule has 0 aromatic heterocycles. The molecule has 68 valence electrons. The molecule has 0 spiro atoms. The molecule has 0 atom stereocenters. The topological polar surface area (TPSA) is 37.4 Å². The molecule has 0 rings (SSSR count). The monoisotopic (exact) mass is 177 g/mol. The number of carbonyl (C=O) groups excluding carboxylic acids is 2. The van der Waals surface area contributed by atoms with Crippen LogP contribution in [0.4, 0.5) is 0 Å². The maximum Gasteiger partial charge on any atom is 0.260 e. The van der Waals surface area contributed by atoms with E-state index in [0.717, 1.165) is 4.90 Å². The molecule has 0 radical (unpaired) electrons. The van der Waals surface area contributed by atoms with Crippen molar-refractivity contribution in [3.8, 4) is 12.3 Å². The van der Waals surface area contributed by atoms with Gasteiger partial charge in [0.25, 0.3) is 5.91 Å². The van der Waals surface area contributed by atoms with Crippen molar-refractivity contribution in [1.29, 1.82) is 0 Å². The number of hydrogen-bond donors (Lipinski definition) is 0. The smallest absolute Gasteiger partial charge is 0.260 e. The minimum atomic E-state index is -0.411. The Morgan fingerprint density at radius 3 is 2.54 bits per heavy atom. The van der Waals surface area contributed by atoms with Gasteiger partial charge in [-0.1, -0.05) is 18.1 Å². The molecule has 0 aromatic carbocycles. The highest BCUT2D eigenvalue weighted by molar-refractivity contribution is 6.01. The molecule has 0 fully saturated rings. The Balaban J connectivity index is 4.78. The molecule has 0 heterocycles. The van der Waals surface area contributed by atoms with E-state index < -0.39 is 5.91 Å². The second-order valence-corrected chi connectivity index (χ2v) is 2.29. The number of imide groups is 1. The van der Waals surface area contributed by atoms with Crippen molar-refractivity contribution in [2.75, 3.05) is 7.05 Å². The van der Waals surface area contributed by atoms with E-state index in [1.165, 1.54) is 13.1 Å². The third-order valence-corrected chi connectivity index (χ3v) is 1.31. The van der Waals surface area contributed by atoms with Crippen LogP contribution in [-0.4, -0.2) is 24.3 Å². The largest absolute Gasteiger partial charge is 0.284 e. The SMILES string of the molecule is C#C/C=C(\C=C/C)C(=O)N(C)C=O. The van der Waals surface area contributed by atoms with E-state index in [0.29, 0.717) is 12.0 Å². The van der Waals surface area contributed by atoms with Gasteiger partial charge in [-0.05, 0) is 6.92 Å². The molecule has 13 heavy (non-hydrogen) atoms. The molecular weight excluding hydrogens is 166 g/mol. The summed E-state index contributed by atoms with van der Waals surface area (Å²) < 4.78 is 0. The minimum absolute atomic E-state index is 0.319. The molecule has 3 heteroatoms. The fourth-order valence-electron chi connectivity index (χ4n) is 0.702. The molecule has 0 aromatic rings. The van der Waals surface area contributed by atoms with Crippen molar-refractivity contribution in [2.24, 2.45) is 0 Å². The summed E-state index contributed by atoms with van der Waals surface area (Å²) >= 11 is 0. The third kappa shape index (κ3) is 3.39. The lowest BCUT2D eigenvalue weighted by atomic mass is 10.2. The van der Waals surface area contributed by atoms with Gasteiger partial charge in [0.05, 0.1) is 0 Å². The van der Waals surface area contributed by atoms with E-state index in [1.807, 2.05) is 0 Å². The van der Waals surface area contributed by atoms with Crippen LogP contribution in [0.15, 0.2) is 23.8 Å². The maximum atomic E-state index is 11.3. The Bertz CT molecular complexity index is 295. The first-order valence-corrected chi connectivity index (χ1v) is 3.68. The van der Waals surface area contributed by atoms with Crippen LogP contribution in [0.3, 0.4) is 0 Å². The van der Waals surface area contributed by atoms with Gasteiger partial charge in [-0.15, -0.1) is 6.42 Å². The number of rotatable bonds is 3. The van der Waals surface area contributed by atoms with E-state index in [9.17, 15) is 9.59 Å². The van der Waals surface area contributed by atoms with E-state index >= 15 is 0 Å². The predicted molar refractivity (Wildman–Crippen MR) is 50.6 cm³/mol. The highest BCUT2D eigenvalue weighted by atomic mass is 16.2. The number of allylic oxidation sites excluding steroid dienone is 2. The molecule has 3 nitrogen and oxygen atoms in total. The van der Waals surface area contributed by atoms with Crippen molar-refractivity contribution in [1.82, 2.24) is 4.90 Å². The molecule has 0 unspecified atom stereocenters. The minimum Gasteiger partial charge on any atom is -0.284 e. The lowest BCUT2D eigenvalue weighted by Crippen LogP contribution is -2.25. The first kappa shape index (κ1) is 11.2. The molecule has 0 aliphatic rings. The molecule has 0 aliphatic heterocycles. The number of amides is 2. The summed E-state index contributed by atoms with van der Waals surface area (Å²) in [4.78, 5) is 22.5. The zero-order valence-electron chi connectivity index (χ0n) is 7.65. The molecular formula is C10H11NO2. The average Bonchev–Trinajstić information content (AvgIpc) is 2.15. The van der Waals surface area contributed by atoms with Gasteiger partial charge in [0.2, 0.25) is 6.41 Å². The van der Waals surface area contributed by atoms with Gasteiger partial charge >= 0.3 is 0 Å². The van der Waals surface area contributed by atoms with Crippen LogP contribution >= 0.6 is 0 Å². The van der Waals surface area contributed by atoms with Crippen LogP contribution in [-0.2, 0) is 9.59 Å². The Kier molecular flexibility index (Phi) is 4.97. The van der Waals surface area contributed by atoms with E-state index in [2.05, 4.69) is 5.92 Å². The van der Waals surface area contributed by atoms with E-state index in [-0.39, 0.29) is 0 Å². The van der Waals surface area contributed by atoms with Crippen molar-refractivity contribution in [2.45, 2.75) is 6.92 Å². The fraction of sp³-hybridized carbons (Fsp3) is 0.200. The summed E-state index contributed by atoms with van der Waals surface area (Å²) in [6.07, 6.45) is 10.0. The summed E-state index contributed by atoms with van der Waals surface area (Å²) in [5.41, 5.74) is 0.319. The molecule has 0 saturated carbocycles. The van der Waals surface area contributed by atoms with Crippen molar-refractivity contribution < 1.29 is 9.59 Å². The third-order valence-electron chi connectivity index (χ3n) is 1.31. The van der Waals surface area contributed by atoms with Gasteiger partial charge in [-0.3, -0.25) is 14.5 Å². The van der Waals surface area contributed by atoms with Gasteiger partial charge in [0, 0.05) is 18.7 Å². The van der Waals surface area contributed by atoms with Gasteiger partial charge in [0.1, 0.15) is 0 Å². The Labute approximate surface area is 77.7 Å². The zero-order chi connectivity index (χ0) is 10.3. The van der Waals surface area contributed by atoms with Crippen LogP contribution in [0.2, 0.25) is 0 Å². The lowest BCUT2D eigenvalue weighted by molar-refractivity contribution is -0.133. The second kappa shape index (κ2) is 5.78. The van der Waals surface area contributed by atoms with E-state index in [1.54, 1.807) is 19.1 Å². The summed E-state index contributed by atoms with van der Waals surface area (Å²) in [7, 11) is 1.38. The molecule has 0 N–H and O–H groups in total. The number of terminal acetylenes is 1. The van der Waals surface area contributed by atoms with Crippen molar-refractivity contribution in [3.63, 3.8) is 0 Å². The Morgan fingerprint density at radius 2 is 2.15 bits per heavy atom. The van der Waals surface area contributed by atoms with Crippen molar-refractivity contribution >= 4 is 12.3 Å². The summed E-state index contributed by atoms with van der Waals surface area (Å²) in [6.45, 7) is 1.76. The predicted octanol–water partition coefficient (Wildman–Crippen LogP) is 0.737. The quantitative estimate of drug-likeness (QED) is 0.276. The van der Waals surface area contributed by atoms with Gasteiger partial charge < -0.3 is 0 Å². The highest BCUT2D eigenvalue weighted by Crippen LogP contribution is 2.00. The Morgan fingerprint density at radius 1 is 1.54 bits per heavy atom. The first-order chi connectivity index (χ1) is 6.17. The van der Waals surface area contributed by atoms with Crippen LogP contribution in [0.5, 0.6) is 0 Å². The Hall–Kier alpha value is -1.82. The first-order valence-electron chi connectivity index (χ1n) is 3.68. The molecule has 0 saturated heterocycles. The molecule has 0 aliphatic carbocycles. The average molecular weight is 177 g/mol. The lowest BCUT2D eigenvalue weighted by Gasteiger charge is -2.07. The van der Waals surface area contributed by atoms with Crippen LogP contribution in [0.25, 0.3) is 0 Å². The van der Waals surface area contributed by atoms with Crippen LogP contribution < -0.4 is 0 Å². The zero-order valence-corrected chi connectivity index (χ0v) is 7.65. The number of hydrogen-bond acceptors (Lipinski definition) is 2. The second-order valence-electron chi connectivity index (χ2n) is 2.29.